The lowest BCUT2D eigenvalue weighted by atomic mass is 9.85. The predicted molar refractivity (Wildman–Crippen MR) is 58.3 cm³/mol. The maximum Gasteiger partial charge on any atom is 0.265 e. The van der Waals surface area contributed by atoms with Gasteiger partial charge in [-0.3, -0.25) is 4.55 Å². The highest BCUT2D eigenvalue weighted by atomic mass is 32.2. The number of fused-ring (bicyclic) bond motifs is 1. The first-order chi connectivity index (χ1) is 7.44. The third-order valence-corrected chi connectivity index (χ3v) is 3.84. The van der Waals surface area contributed by atoms with Crippen LogP contribution in [-0.2, 0) is 23.0 Å². The second-order valence-corrected chi connectivity index (χ2v) is 5.77. The summed E-state index contributed by atoms with van der Waals surface area (Å²) in [6.45, 7) is 0. The molecule has 5 heteroatoms. The minimum Gasteiger partial charge on any atom is -0.286 e. The SMILES string of the molecule is O=S(=O)(O)C[C@@H]1CCc2cc(F)ccc2C1. The van der Waals surface area contributed by atoms with E-state index in [4.69, 9.17) is 4.55 Å². The molecule has 88 valence electrons. The molecule has 0 saturated carbocycles. The van der Waals surface area contributed by atoms with Crippen molar-refractivity contribution in [2.24, 2.45) is 5.92 Å². The van der Waals surface area contributed by atoms with E-state index in [9.17, 15) is 12.8 Å². The molecule has 0 aliphatic heterocycles. The van der Waals surface area contributed by atoms with E-state index in [1.165, 1.54) is 12.1 Å². The van der Waals surface area contributed by atoms with Crippen molar-refractivity contribution in [3.05, 3.63) is 35.1 Å². The summed E-state index contributed by atoms with van der Waals surface area (Å²) in [4.78, 5) is 0. The predicted octanol–water partition coefficient (Wildman–Crippen LogP) is 1.82. The molecule has 1 aromatic carbocycles. The molecule has 0 aromatic heterocycles. The zero-order chi connectivity index (χ0) is 11.8. The van der Waals surface area contributed by atoms with Crippen LogP contribution in [0, 0.1) is 11.7 Å². The Bertz CT molecular complexity index is 496. The molecule has 0 unspecified atom stereocenters. The first-order valence-corrected chi connectivity index (χ1v) is 6.77. The van der Waals surface area contributed by atoms with Crippen molar-refractivity contribution in [3.8, 4) is 0 Å². The maximum absolute atomic E-state index is 12.9. The molecule has 1 aromatic rings. The minimum atomic E-state index is -3.91. The fraction of sp³-hybridized carbons (Fsp3) is 0.455. The van der Waals surface area contributed by atoms with Crippen LogP contribution < -0.4 is 0 Å². The van der Waals surface area contributed by atoms with Gasteiger partial charge in [-0.2, -0.15) is 8.42 Å². The summed E-state index contributed by atoms with van der Waals surface area (Å²) >= 11 is 0. The molecule has 3 nitrogen and oxygen atoms in total. The normalized spacial score (nSPS) is 20.5. The zero-order valence-corrected chi connectivity index (χ0v) is 9.50. The van der Waals surface area contributed by atoms with Crippen LogP contribution in [0.2, 0.25) is 0 Å². The Balaban J connectivity index is 2.15. The van der Waals surface area contributed by atoms with Crippen molar-refractivity contribution in [3.63, 3.8) is 0 Å². The fourth-order valence-electron chi connectivity index (χ4n) is 2.24. The average molecular weight is 244 g/mol. The molecule has 0 fully saturated rings. The number of hydrogen-bond acceptors (Lipinski definition) is 2. The highest BCUT2D eigenvalue weighted by Gasteiger charge is 2.23. The van der Waals surface area contributed by atoms with Gasteiger partial charge < -0.3 is 0 Å². The highest BCUT2D eigenvalue weighted by Crippen LogP contribution is 2.26. The number of benzene rings is 1. The van der Waals surface area contributed by atoms with E-state index in [2.05, 4.69) is 0 Å². The Kier molecular flexibility index (Phi) is 2.99. The molecule has 0 bridgehead atoms. The van der Waals surface area contributed by atoms with E-state index in [-0.39, 0.29) is 17.5 Å². The lowest BCUT2D eigenvalue weighted by Gasteiger charge is -2.23. The maximum atomic E-state index is 12.9. The van der Waals surface area contributed by atoms with Crippen LogP contribution in [0.4, 0.5) is 4.39 Å². The van der Waals surface area contributed by atoms with Gasteiger partial charge in [-0.25, -0.2) is 4.39 Å². The highest BCUT2D eigenvalue weighted by molar-refractivity contribution is 7.85. The molecule has 16 heavy (non-hydrogen) atoms. The minimum absolute atomic E-state index is 0.0621. The molecule has 1 aliphatic rings. The van der Waals surface area contributed by atoms with Crippen LogP contribution in [0.1, 0.15) is 17.5 Å². The first-order valence-electron chi connectivity index (χ1n) is 5.16. The van der Waals surface area contributed by atoms with Gasteiger partial charge in [0.05, 0.1) is 5.75 Å². The van der Waals surface area contributed by atoms with Gasteiger partial charge in [-0.1, -0.05) is 6.07 Å². The average Bonchev–Trinajstić information content (AvgIpc) is 2.16. The van der Waals surface area contributed by atoms with Crippen molar-refractivity contribution in [2.45, 2.75) is 19.3 Å². The van der Waals surface area contributed by atoms with E-state index < -0.39 is 10.1 Å². The van der Waals surface area contributed by atoms with Crippen molar-refractivity contribution in [1.82, 2.24) is 0 Å². The number of rotatable bonds is 2. The smallest absolute Gasteiger partial charge is 0.265 e. The van der Waals surface area contributed by atoms with Gasteiger partial charge in [0.1, 0.15) is 5.82 Å². The quantitative estimate of drug-likeness (QED) is 0.807. The van der Waals surface area contributed by atoms with E-state index in [1.54, 1.807) is 6.07 Å². The molecule has 1 aliphatic carbocycles. The Hall–Kier alpha value is -0.940. The summed E-state index contributed by atoms with van der Waals surface area (Å²) in [6, 6.07) is 4.58. The molecular weight excluding hydrogens is 231 g/mol. The molecule has 1 N–H and O–H groups in total. The van der Waals surface area contributed by atoms with Gasteiger partial charge in [-0.15, -0.1) is 0 Å². The monoisotopic (exact) mass is 244 g/mol. The van der Waals surface area contributed by atoms with Crippen LogP contribution in [0.25, 0.3) is 0 Å². The zero-order valence-electron chi connectivity index (χ0n) is 8.69. The lowest BCUT2D eigenvalue weighted by molar-refractivity contribution is 0.443. The number of halogens is 1. The molecule has 0 heterocycles. The van der Waals surface area contributed by atoms with Gasteiger partial charge in [-0.05, 0) is 48.4 Å². The summed E-state index contributed by atoms with van der Waals surface area (Å²) < 4.78 is 43.2. The van der Waals surface area contributed by atoms with Gasteiger partial charge in [0, 0.05) is 0 Å². The van der Waals surface area contributed by atoms with Crippen LogP contribution >= 0.6 is 0 Å². The van der Waals surface area contributed by atoms with Crippen LogP contribution in [0.5, 0.6) is 0 Å². The number of hydrogen-bond donors (Lipinski definition) is 1. The van der Waals surface area contributed by atoms with Crippen molar-refractivity contribution >= 4 is 10.1 Å². The second-order valence-electron chi connectivity index (χ2n) is 4.27. The molecular formula is C11H13FO3S. The second kappa shape index (κ2) is 4.14. The lowest BCUT2D eigenvalue weighted by Crippen LogP contribution is -2.22. The van der Waals surface area contributed by atoms with E-state index in [0.29, 0.717) is 19.3 Å². The van der Waals surface area contributed by atoms with Gasteiger partial charge >= 0.3 is 0 Å². The Morgan fingerprint density at radius 3 is 2.81 bits per heavy atom. The molecule has 0 radical (unpaired) electrons. The summed E-state index contributed by atoms with van der Waals surface area (Å²) in [5.74, 6) is -0.524. The van der Waals surface area contributed by atoms with Gasteiger partial charge in [0.25, 0.3) is 10.1 Å². The molecule has 0 amide bonds. The summed E-state index contributed by atoms with van der Waals surface area (Å²) in [7, 11) is -3.91. The topological polar surface area (TPSA) is 54.4 Å². The summed E-state index contributed by atoms with van der Waals surface area (Å²) in [5.41, 5.74) is 1.94. The van der Waals surface area contributed by atoms with Crippen molar-refractivity contribution in [1.29, 1.82) is 0 Å². The largest absolute Gasteiger partial charge is 0.286 e. The standard InChI is InChI=1S/C11H13FO3S/c12-11-4-3-9-5-8(7-16(13,14)15)1-2-10(9)6-11/h3-4,6,8H,1-2,5,7H2,(H,13,14,15)/t8-/m1/s1. The van der Waals surface area contributed by atoms with Crippen LogP contribution in [0.3, 0.4) is 0 Å². The Morgan fingerprint density at radius 2 is 2.12 bits per heavy atom. The molecule has 2 rings (SSSR count). The molecule has 0 saturated heterocycles. The third kappa shape index (κ3) is 2.80. The Morgan fingerprint density at radius 1 is 1.38 bits per heavy atom. The fourth-order valence-corrected chi connectivity index (χ4v) is 3.12. The van der Waals surface area contributed by atoms with Crippen molar-refractivity contribution in [2.75, 3.05) is 5.75 Å². The van der Waals surface area contributed by atoms with Gasteiger partial charge in [0.2, 0.25) is 0 Å². The molecule has 1 atom stereocenters. The van der Waals surface area contributed by atoms with E-state index >= 15 is 0 Å². The summed E-state index contributed by atoms with van der Waals surface area (Å²) in [6.07, 6.45) is 1.94. The number of aryl methyl sites for hydroxylation is 1. The summed E-state index contributed by atoms with van der Waals surface area (Å²) in [5, 5.41) is 0. The van der Waals surface area contributed by atoms with E-state index in [0.717, 1.165) is 11.1 Å². The molecule has 0 spiro atoms. The van der Waals surface area contributed by atoms with Crippen molar-refractivity contribution < 1.29 is 17.4 Å². The Labute approximate surface area is 94.0 Å². The first kappa shape index (κ1) is 11.5. The van der Waals surface area contributed by atoms with Gasteiger partial charge in [0.15, 0.2) is 0 Å². The van der Waals surface area contributed by atoms with Crippen LogP contribution in [0.15, 0.2) is 18.2 Å². The van der Waals surface area contributed by atoms with Crippen LogP contribution in [-0.4, -0.2) is 18.7 Å². The van der Waals surface area contributed by atoms with E-state index in [1.807, 2.05) is 0 Å². The third-order valence-electron chi connectivity index (χ3n) is 2.95.